The molecule has 82 valence electrons. The number of hydrogen-bond acceptors (Lipinski definition) is 2. The lowest BCUT2D eigenvalue weighted by atomic mass is 9.72. The van der Waals surface area contributed by atoms with Gasteiger partial charge in [-0.15, -0.1) is 0 Å². The van der Waals surface area contributed by atoms with Crippen molar-refractivity contribution in [1.82, 2.24) is 0 Å². The van der Waals surface area contributed by atoms with E-state index in [4.69, 9.17) is 0 Å². The van der Waals surface area contributed by atoms with E-state index in [1.165, 1.54) is 32.1 Å². The average molecular weight is 204 g/mol. The van der Waals surface area contributed by atoms with E-state index in [1.807, 2.05) is 0 Å². The zero-order valence-electron chi connectivity index (χ0n) is 9.63. The molecule has 0 bridgehead atoms. The van der Waals surface area contributed by atoms with Crippen molar-refractivity contribution in [2.24, 2.45) is 11.3 Å². The molecule has 2 nitrogen and oxygen atoms in total. The molecule has 1 rings (SSSR count). The highest BCUT2D eigenvalue weighted by molar-refractivity contribution is 5.15. The molecule has 0 saturated heterocycles. The van der Waals surface area contributed by atoms with Crippen LogP contribution in [0.4, 0.5) is 0 Å². The number of nitrogens with zero attached hydrogens (tertiary/aromatic N) is 2. The van der Waals surface area contributed by atoms with Crippen LogP contribution in [0.25, 0.3) is 0 Å². The molecule has 1 atom stereocenters. The van der Waals surface area contributed by atoms with Crippen LogP contribution in [0.5, 0.6) is 0 Å². The van der Waals surface area contributed by atoms with E-state index in [2.05, 4.69) is 19.1 Å². The van der Waals surface area contributed by atoms with Crippen LogP contribution in [-0.4, -0.2) is 0 Å². The quantitative estimate of drug-likeness (QED) is 0.602. The van der Waals surface area contributed by atoms with E-state index in [-0.39, 0.29) is 5.92 Å². The molecule has 2 heteroatoms. The second kappa shape index (κ2) is 5.76. The summed E-state index contributed by atoms with van der Waals surface area (Å²) in [6.07, 6.45) is 9.02. The summed E-state index contributed by atoms with van der Waals surface area (Å²) in [5.41, 5.74) is -0.711. The molecule has 15 heavy (non-hydrogen) atoms. The third-order valence-corrected chi connectivity index (χ3v) is 3.70. The van der Waals surface area contributed by atoms with Gasteiger partial charge in [-0.3, -0.25) is 0 Å². The van der Waals surface area contributed by atoms with Crippen LogP contribution in [0.1, 0.15) is 58.3 Å². The molecule has 0 heterocycles. The van der Waals surface area contributed by atoms with Gasteiger partial charge in [-0.25, -0.2) is 0 Å². The molecule has 0 aliphatic heterocycles. The highest BCUT2D eigenvalue weighted by atomic mass is 14.4. The predicted molar refractivity (Wildman–Crippen MR) is 59.8 cm³/mol. The van der Waals surface area contributed by atoms with Crippen LogP contribution in [0.2, 0.25) is 0 Å². The van der Waals surface area contributed by atoms with Crippen molar-refractivity contribution in [1.29, 1.82) is 10.5 Å². The molecule has 0 spiro atoms. The fourth-order valence-corrected chi connectivity index (χ4v) is 2.41. The fourth-order valence-electron chi connectivity index (χ4n) is 2.41. The van der Waals surface area contributed by atoms with Gasteiger partial charge in [-0.2, -0.15) is 10.5 Å². The maximum atomic E-state index is 9.22. The van der Waals surface area contributed by atoms with Crippen LogP contribution < -0.4 is 0 Å². The first-order valence-corrected chi connectivity index (χ1v) is 6.08. The Morgan fingerprint density at radius 1 is 0.933 bits per heavy atom. The Morgan fingerprint density at radius 3 is 2.07 bits per heavy atom. The largest absolute Gasteiger partial charge is 0.197 e. The van der Waals surface area contributed by atoms with E-state index in [0.29, 0.717) is 0 Å². The smallest absolute Gasteiger partial charge is 0.146 e. The molecule has 0 aromatic rings. The molecule has 1 aliphatic rings. The maximum absolute atomic E-state index is 9.22. The van der Waals surface area contributed by atoms with Crippen molar-refractivity contribution in [3.8, 4) is 12.1 Å². The average Bonchev–Trinajstić information content (AvgIpc) is 2.28. The van der Waals surface area contributed by atoms with Gasteiger partial charge in [0.2, 0.25) is 0 Å². The van der Waals surface area contributed by atoms with Crippen LogP contribution in [0.15, 0.2) is 0 Å². The minimum Gasteiger partial charge on any atom is -0.197 e. The Morgan fingerprint density at radius 2 is 1.47 bits per heavy atom. The molecule has 0 radical (unpaired) electrons. The lowest BCUT2D eigenvalue weighted by Gasteiger charge is -2.27. The third-order valence-electron chi connectivity index (χ3n) is 3.70. The topological polar surface area (TPSA) is 47.6 Å². The van der Waals surface area contributed by atoms with Crippen molar-refractivity contribution in [3.63, 3.8) is 0 Å². The highest BCUT2D eigenvalue weighted by Gasteiger charge is 2.35. The van der Waals surface area contributed by atoms with Gasteiger partial charge in [0.1, 0.15) is 5.41 Å². The zero-order valence-corrected chi connectivity index (χ0v) is 9.63. The minimum absolute atomic E-state index is 0.227. The summed E-state index contributed by atoms with van der Waals surface area (Å²) in [5, 5.41) is 18.4. The standard InChI is InChI=1S/C13H20N2/c1-12-8-6-4-2-3-5-7-9-13(12,10-14)11-15/h12H,2-9H2,1H3. The molecule has 1 aliphatic carbocycles. The highest BCUT2D eigenvalue weighted by Crippen LogP contribution is 2.36. The molecule has 0 aromatic carbocycles. The summed E-state index contributed by atoms with van der Waals surface area (Å²) in [7, 11) is 0. The Kier molecular flexibility index (Phi) is 4.63. The molecular formula is C13H20N2. The van der Waals surface area contributed by atoms with Crippen LogP contribution >= 0.6 is 0 Å². The number of hydrogen-bond donors (Lipinski definition) is 0. The van der Waals surface area contributed by atoms with Crippen molar-refractivity contribution in [2.75, 3.05) is 0 Å². The molecule has 1 saturated carbocycles. The Hall–Kier alpha value is -1.02. The van der Waals surface area contributed by atoms with E-state index in [1.54, 1.807) is 0 Å². The van der Waals surface area contributed by atoms with Crippen molar-refractivity contribution in [3.05, 3.63) is 0 Å². The molecule has 0 aromatic heterocycles. The second-order valence-corrected chi connectivity index (χ2v) is 4.76. The first kappa shape index (κ1) is 12.1. The first-order chi connectivity index (χ1) is 7.25. The van der Waals surface area contributed by atoms with Gasteiger partial charge < -0.3 is 0 Å². The number of rotatable bonds is 0. The molecule has 0 amide bonds. The second-order valence-electron chi connectivity index (χ2n) is 4.76. The van der Waals surface area contributed by atoms with Gasteiger partial charge in [0.15, 0.2) is 0 Å². The van der Waals surface area contributed by atoms with Crippen molar-refractivity contribution in [2.45, 2.75) is 58.3 Å². The molecule has 0 N–H and O–H groups in total. The minimum atomic E-state index is -0.711. The summed E-state index contributed by atoms with van der Waals surface area (Å²) in [6, 6.07) is 4.54. The normalized spacial score (nSPS) is 27.3. The van der Waals surface area contributed by atoms with Crippen LogP contribution in [0, 0.1) is 34.0 Å². The van der Waals surface area contributed by atoms with E-state index < -0.39 is 5.41 Å². The lowest BCUT2D eigenvalue weighted by molar-refractivity contribution is 0.276. The summed E-state index contributed by atoms with van der Waals surface area (Å²) in [4.78, 5) is 0. The van der Waals surface area contributed by atoms with Gasteiger partial charge in [0.05, 0.1) is 12.1 Å². The summed E-state index contributed by atoms with van der Waals surface area (Å²) < 4.78 is 0. The van der Waals surface area contributed by atoms with E-state index >= 15 is 0 Å². The first-order valence-electron chi connectivity index (χ1n) is 6.08. The van der Waals surface area contributed by atoms with Gasteiger partial charge >= 0.3 is 0 Å². The van der Waals surface area contributed by atoms with Gasteiger partial charge in [0, 0.05) is 0 Å². The molecule has 1 unspecified atom stereocenters. The fraction of sp³-hybridized carbons (Fsp3) is 0.846. The van der Waals surface area contributed by atoms with E-state index in [9.17, 15) is 10.5 Å². The van der Waals surface area contributed by atoms with E-state index in [0.717, 1.165) is 19.3 Å². The Labute approximate surface area is 92.9 Å². The summed E-state index contributed by atoms with van der Waals surface area (Å²) in [6.45, 7) is 2.06. The SMILES string of the molecule is CC1CCCCCCCCC1(C#N)C#N. The van der Waals surface area contributed by atoms with Gasteiger partial charge in [-0.05, 0) is 18.8 Å². The Balaban J connectivity index is 2.71. The summed E-state index contributed by atoms with van der Waals surface area (Å²) in [5.74, 6) is 0.227. The monoisotopic (exact) mass is 204 g/mol. The summed E-state index contributed by atoms with van der Waals surface area (Å²) >= 11 is 0. The lowest BCUT2D eigenvalue weighted by Crippen LogP contribution is -2.26. The van der Waals surface area contributed by atoms with Gasteiger partial charge in [0.25, 0.3) is 0 Å². The number of nitriles is 2. The van der Waals surface area contributed by atoms with Crippen LogP contribution in [-0.2, 0) is 0 Å². The third kappa shape index (κ3) is 2.96. The van der Waals surface area contributed by atoms with Crippen molar-refractivity contribution >= 4 is 0 Å². The van der Waals surface area contributed by atoms with Crippen molar-refractivity contribution < 1.29 is 0 Å². The Bertz CT molecular complexity index is 255. The van der Waals surface area contributed by atoms with Gasteiger partial charge in [-0.1, -0.05) is 45.4 Å². The maximum Gasteiger partial charge on any atom is 0.146 e. The molecular weight excluding hydrogens is 184 g/mol. The molecule has 1 fully saturated rings. The predicted octanol–water partition coefficient (Wildman–Crippen LogP) is 3.79. The zero-order chi connectivity index (χ0) is 11.1. The van der Waals surface area contributed by atoms with Crippen LogP contribution in [0.3, 0.4) is 0 Å².